The summed E-state index contributed by atoms with van der Waals surface area (Å²) in [5, 5.41) is 3.22. The minimum Gasteiger partial charge on any atom is -0.487 e. The number of hydrogen-bond acceptors (Lipinski definition) is 4. The first-order valence-corrected chi connectivity index (χ1v) is 7.37. The summed E-state index contributed by atoms with van der Waals surface area (Å²) in [7, 11) is 0. The highest BCUT2D eigenvalue weighted by Crippen LogP contribution is 2.21. The second-order valence-corrected chi connectivity index (χ2v) is 5.87. The summed E-state index contributed by atoms with van der Waals surface area (Å²) in [5.74, 6) is 1.33. The molecule has 3 nitrogen and oxygen atoms in total. The van der Waals surface area contributed by atoms with Gasteiger partial charge in [0.05, 0.1) is 10.7 Å². The van der Waals surface area contributed by atoms with E-state index in [4.69, 9.17) is 10.5 Å². The third-order valence-electron chi connectivity index (χ3n) is 2.86. The van der Waals surface area contributed by atoms with Crippen LogP contribution in [0.1, 0.15) is 49.0 Å². The third-order valence-corrected chi connectivity index (χ3v) is 4.05. The molecule has 0 spiro atoms. The maximum atomic E-state index is 5.81. The molecule has 0 saturated heterocycles. The van der Waals surface area contributed by atoms with Gasteiger partial charge in [-0.2, -0.15) is 0 Å². The molecule has 2 aromatic rings. The lowest BCUT2D eigenvalue weighted by Gasteiger charge is -2.08. The van der Waals surface area contributed by atoms with E-state index >= 15 is 0 Å². The Bertz CT molecular complexity index is 517. The lowest BCUT2D eigenvalue weighted by Crippen LogP contribution is -2.04. The summed E-state index contributed by atoms with van der Waals surface area (Å²) in [4.78, 5) is 4.54. The molecular formula is C15H20N2OS. The fraction of sp³-hybridized carbons (Fsp3) is 0.400. The van der Waals surface area contributed by atoms with E-state index in [2.05, 4.69) is 24.2 Å². The van der Waals surface area contributed by atoms with Gasteiger partial charge in [-0.25, -0.2) is 4.98 Å². The average Bonchev–Trinajstić information content (AvgIpc) is 2.86. The highest BCUT2D eigenvalue weighted by Gasteiger charge is 2.06. The fourth-order valence-electron chi connectivity index (χ4n) is 1.68. The molecule has 0 aliphatic carbocycles. The highest BCUT2D eigenvalue weighted by atomic mass is 32.1. The first kappa shape index (κ1) is 14.0. The third kappa shape index (κ3) is 3.78. The number of nitrogens with two attached hydrogens (primary N) is 1. The van der Waals surface area contributed by atoms with Gasteiger partial charge in [0.2, 0.25) is 0 Å². The van der Waals surface area contributed by atoms with E-state index < -0.39 is 0 Å². The first-order chi connectivity index (χ1) is 9.06. The zero-order chi connectivity index (χ0) is 13.8. The molecule has 0 unspecified atom stereocenters. The molecule has 0 aliphatic rings. The SMILES string of the molecule is CC(C)c1nc(COc2ccc([C@H](C)N)cc2)cs1. The van der Waals surface area contributed by atoms with Crippen molar-refractivity contribution in [3.63, 3.8) is 0 Å². The van der Waals surface area contributed by atoms with Crippen LogP contribution in [0.2, 0.25) is 0 Å². The Morgan fingerprint density at radius 2 is 1.89 bits per heavy atom. The molecule has 19 heavy (non-hydrogen) atoms. The number of aromatic nitrogens is 1. The van der Waals surface area contributed by atoms with E-state index in [0.29, 0.717) is 12.5 Å². The van der Waals surface area contributed by atoms with Gasteiger partial charge in [0.15, 0.2) is 0 Å². The average molecular weight is 276 g/mol. The maximum absolute atomic E-state index is 5.81. The smallest absolute Gasteiger partial charge is 0.131 e. The van der Waals surface area contributed by atoms with E-state index in [1.807, 2.05) is 31.2 Å². The van der Waals surface area contributed by atoms with Crippen LogP contribution >= 0.6 is 11.3 Å². The molecule has 1 aromatic carbocycles. The molecular weight excluding hydrogens is 256 g/mol. The van der Waals surface area contributed by atoms with Gasteiger partial charge in [-0.1, -0.05) is 26.0 Å². The maximum Gasteiger partial charge on any atom is 0.131 e. The van der Waals surface area contributed by atoms with Gasteiger partial charge in [0, 0.05) is 17.3 Å². The summed E-state index contributed by atoms with van der Waals surface area (Å²) < 4.78 is 5.72. The van der Waals surface area contributed by atoms with Crippen molar-refractivity contribution in [2.45, 2.75) is 39.3 Å². The zero-order valence-electron chi connectivity index (χ0n) is 11.6. The Kier molecular flexibility index (Phi) is 4.56. The van der Waals surface area contributed by atoms with Gasteiger partial charge in [-0.3, -0.25) is 0 Å². The summed E-state index contributed by atoms with van der Waals surface area (Å²) in [6.45, 7) is 6.78. The Morgan fingerprint density at radius 1 is 1.21 bits per heavy atom. The molecule has 0 aliphatic heterocycles. The van der Waals surface area contributed by atoms with Gasteiger partial charge in [0.1, 0.15) is 12.4 Å². The zero-order valence-corrected chi connectivity index (χ0v) is 12.4. The van der Waals surface area contributed by atoms with Crippen LogP contribution in [0.5, 0.6) is 5.75 Å². The molecule has 0 bridgehead atoms. The summed E-state index contributed by atoms with van der Waals surface area (Å²) in [6, 6.07) is 7.96. The predicted molar refractivity (Wildman–Crippen MR) is 79.6 cm³/mol. The van der Waals surface area contributed by atoms with Gasteiger partial charge >= 0.3 is 0 Å². The summed E-state index contributed by atoms with van der Waals surface area (Å²) in [6.07, 6.45) is 0. The standard InChI is InChI=1S/C15H20N2OS/c1-10(2)15-17-13(9-19-15)8-18-14-6-4-12(5-7-14)11(3)16/h4-7,9-11H,8,16H2,1-3H3/t11-/m0/s1. The van der Waals surface area contributed by atoms with E-state index in [9.17, 15) is 0 Å². The van der Waals surface area contributed by atoms with Crippen molar-refractivity contribution in [3.8, 4) is 5.75 Å². The Morgan fingerprint density at radius 3 is 2.42 bits per heavy atom. The van der Waals surface area contributed by atoms with Gasteiger partial charge in [-0.05, 0) is 24.6 Å². The fourth-order valence-corrected chi connectivity index (χ4v) is 2.50. The number of nitrogens with zero attached hydrogens (tertiary/aromatic N) is 1. The molecule has 0 radical (unpaired) electrons. The lowest BCUT2D eigenvalue weighted by atomic mass is 10.1. The van der Waals surface area contributed by atoms with Crippen molar-refractivity contribution in [1.82, 2.24) is 4.98 Å². The van der Waals surface area contributed by atoms with Gasteiger partial charge < -0.3 is 10.5 Å². The van der Waals surface area contributed by atoms with Crippen molar-refractivity contribution >= 4 is 11.3 Å². The number of rotatable bonds is 5. The van der Waals surface area contributed by atoms with Crippen molar-refractivity contribution in [1.29, 1.82) is 0 Å². The van der Waals surface area contributed by atoms with E-state index in [-0.39, 0.29) is 6.04 Å². The second kappa shape index (κ2) is 6.17. The van der Waals surface area contributed by atoms with Crippen LogP contribution in [-0.4, -0.2) is 4.98 Å². The van der Waals surface area contributed by atoms with Crippen LogP contribution in [0.15, 0.2) is 29.6 Å². The Balaban J connectivity index is 1.94. The van der Waals surface area contributed by atoms with E-state index in [0.717, 1.165) is 22.0 Å². The minimum atomic E-state index is 0.0567. The predicted octanol–water partition coefficient (Wildman–Crippen LogP) is 3.87. The van der Waals surface area contributed by atoms with Crippen molar-refractivity contribution < 1.29 is 4.74 Å². The highest BCUT2D eigenvalue weighted by molar-refractivity contribution is 7.09. The van der Waals surface area contributed by atoms with Crippen LogP contribution in [0.25, 0.3) is 0 Å². The summed E-state index contributed by atoms with van der Waals surface area (Å²) in [5.41, 5.74) is 7.92. The van der Waals surface area contributed by atoms with Gasteiger partial charge in [0.25, 0.3) is 0 Å². The normalized spacial score (nSPS) is 12.7. The van der Waals surface area contributed by atoms with Crippen LogP contribution in [-0.2, 0) is 6.61 Å². The summed E-state index contributed by atoms with van der Waals surface area (Å²) >= 11 is 1.69. The lowest BCUT2D eigenvalue weighted by molar-refractivity contribution is 0.301. The number of benzene rings is 1. The Hall–Kier alpha value is -1.39. The molecule has 102 valence electrons. The van der Waals surface area contributed by atoms with Crippen molar-refractivity contribution in [2.24, 2.45) is 5.73 Å². The Labute approximate surface area is 118 Å². The number of thiazole rings is 1. The van der Waals surface area contributed by atoms with Crippen LogP contribution in [0.3, 0.4) is 0 Å². The van der Waals surface area contributed by atoms with Crippen LogP contribution in [0, 0.1) is 0 Å². The molecule has 0 amide bonds. The second-order valence-electron chi connectivity index (χ2n) is 4.98. The monoisotopic (exact) mass is 276 g/mol. The number of hydrogen-bond donors (Lipinski definition) is 1. The van der Waals surface area contributed by atoms with Crippen molar-refractivity contribution in [3.05, 3.63) is 45.9 Å². The quantitative estimate of drug-likeness (QED) is 0.902. The molecule has 1 atom stereocenters. The molecule has 1 heterocycles. The number of ether oxygens (including phenoxy) is 1. The van der Waals surface area contributed by atoms with Gasteiger partial charge in [-0.15, -0.1) is 11.3 Å². The largest absolute Gasteiger partial charge is 0.487 e. The molecule has 1 aromatic heterocycles. The van der Waals surface area contributed by atoms with E-state index in [1.54, 1.807) is 11.3 Å². The van der Waals surface area contributed by atoms with Crippen molar-refractivity contribution in [2.75, 3.05) is 0 Å². The minimum absolute atomic E-state index is 0.0567. The molecule has 0 fully saturated rings. The molecule has 2 N–H and O–H groups in total. The molecule has 0 saturated carbocycles. The van der Waals surface area contributed by atoms with Crippen LogP contribution < -0.4 is 10.5 Å². The van der Waals surface area contributed by atoms with E-state index in [1.165, 1.54) is 0 Å². The van der Waals surface area contributed by atoms with Crippen LogP contribution in [0.4, 0.5) is 0 Å². The molecule has 4 heteroatoms. The first-order valence-electron chi connectivity index (χ1n) is 6.49. The topological polar surface area (TPSA) is 48.1 Å². The molecule has 2 rings (SSSR count).